The zero-order valence-electron chi connectivity index (χ0n) is 10.4. The topological polar surface area (TPSA) is 67.5 Å². The van der Waals surface area contributed by atoms with E-state index in [0.29, 0.717) is 4.62 Å². The van der Waals surface area contributed by atoms with Gasteiger partial charge < -0.3 is 0 Å². The highest BCUT2D eigenvalue weighted by Gasteiger charge is 2.06. The first-order chi connectivity index (χ1) is 9.97. The molecule has 0 amide bonds. The van der Waals surface area contributed by atoms with E-state index in [2.05, 4.69) is 58.3 Å². The van der Waals surface area contributed by atoms with E-state index in [1.54, 1.807) is 12.1 Å². The molecule has 8 heteroatoms. The van der Waals surface area contributed by atoms with Crippen LogP contribution in [0, 0.1) is 10.1 Å². The van der Waals surface area contributed by atoms with Crippen molar-refractivity contribution in [2.24, 2.45) is 5.10 Å². The Balaban J connectivity index is 2.15. The number of nitro benzene ring substituents is 1. The van der Waals surface area contributed by atoms with Gasteiger partial charge in [-0.25, -0.2) is 0 Å². The predicted octanol–water partition coefficient (Wildman–Crippen LogP) is 5.29. The van der Waals surface area contributed by atoms with Crippen molar-refractivity contribution < 1.29 is 4.92 Å². The molecule has 5 nitrogen and oxygen atoms in total. The lowest BCUT2D eigenvalue weighted by Gasteiger charge is -2.05. The summed E-state index contributed by atoms with van der Waals surface area (Å²) in [6, 6.07) is 11.8. The van der Waals surface area contributed by atoms with Crippen LogP contribution in [0.2, 0.25) is 0 Å². The first kappa shape index (κ1) is 16.1. The molecule has 0 unspecified atom stereocenters. The molecule has 0 radical (unpaired) electrons. The molecule has 2 aromatic rings. The largest absolute Gasteiger partial charge is 0.276 e. The fourth-order valence-electron chi connectivity index (χ4n) is 1.47. The monoisotopic (exact) mass is 475 g/mol. The summed E-state index contributed by atoms with van der Waals surface area (Å²) >= 11 is 10.1. The van der Waals surface area contributed by atoms with Crippen molar-refractivity contribution in [3.63, 3.8) is 0 Å². The number of nitro groups is 1. The average molecular weight is 478 g/mol. The molecule has 0 aliphatic heterocycles. The van der Waals surface area contributed by atoms with E-state index < -0.39 is 4.92 Å². The average Bonchev–Trinajstić information content (AvgIpc) is 2.46. The Hall–Kier alpha value is -1.25. The zero-order chi connectivity index (χ0) is 15.4. The Kier molecular flexibility index (Phi) is 5.49. The summed E-state index contributed by atoms with van der Waals surface area (Å²) in [7, 11) is 0. The molecule has 0 fully saturated rings. The molecule has 0 aliphatic carbocycles. The van der Waals surface area contributed by atoms with Gasteiger partial charge in [0.1, 0.15) is 4.62 Å². The Labute approximate surface area is 146 Å². The minimum atomic E-state index is -0.438. The van der Waals surface area contributed by atoms with Gasteiger partial charge in [0.15, 0.2) is 0 Å². The molecule has 0 heterocycles. The van der Waals surface area contributed by atoms with E-state index in [4.69, 9.17) is 0 Å². The maximum absolute atomic E-state index is 10.6. The van der Waals surface area contributed by atoms with Gasteiger partial charge in [0, 0.05) is 26.6 Å². The van der Waals surface area contributed by atoms with Gasteiger partial charge in [-0.05, 0) is 62.2 Å². The van der Waals surface area contributed by atoms with Crippen molar-refractivity contribution in [2.75, 3.05) is 5.43 Å². The number of benzene rings is 2. The molecule has 0 saturated carbocycles. The second kappa shape index (κ2) is 7.15. The summed E-state index contributed by atoms with van der Waals surface area (Å²) in [5.74, 6) is 0. The van der Waals surface area contributed by atoms with Gasteiger partial charge in [-0.2, -0.15) is 5.10 Å². The van der Waals surface area contributed by atoms with Crippen molar-refractivity contribution in [3.05, 3.63) is 67.1 Å². The predicted molar refractivity (Wildman–Crippen MR) is 94.0 cm³/mol. The van der Waals surface area contributed by atoms with E-state index in [-0.39, 0.29) is 5.69 Å². The highest BCUT2D eigenvalue weighted by molar-refractivity contribution is 9.18. The number of nitrogens with one attached hydrogen (secondary N) is 1. The molecule has 0 aliphatic rings. The number of nitrogens with zero attached hydrogens (tertiary/aromatic N) is 2. The fourth-order valence-corrected chi connectivity index (χ4v) is 2.96. The van der Waals surface area contributed by atoms with E-state index >= 15 is 0 Å². The first-order valence-electron chi connectivity index (χ1n) is 5.66. The van der Waals surface area contributed by atoms with Crippen LogP contribution in [-0.4, -0.2) is 9.54 Å². The summed E-state index contributed by atoms with van der Waals surface area (Å²) in [6.45, 7) is 0. The Morgan fingerprint density at radius 2 is 1.81 bits per heavy atom. The van der Waals surface area contributed by atoms with Crippen molar-refractivity contribution in [2.45, 2.75) is 0 Å². The summed E-state index contributed by atoms with van der Waals surface area (Å²) in [5, 5.41) is 14.8. The first-order valence-corrected chi connectivity index (χ1v) is 8.04. The van der Waals surface area contributed by atoms with Crippen molar-refractivity contribution in [1.82, 2.24) is 0 Å². The molecule has 0 atom stereocenters. The molecular weight excluding hydrogens is 470 g/mol. The lowest BCUT2D eigenvalue weighted by atomic mass is 10.2. The Morgan fingerprint density at radius 1 is 1.14 bits per heavy atom. The Morgan fingerprint density at radius 3 is 2.38 bits per heavy atom. The molecule has 1 N–H and O–H groups in total. The van der Waals surface area contributed by atoms with Crippen molar-refractivity contribution in [1.29, 1.82) is 0 Å². The van der Waals surface area contributed by atoms with Gasteiger partial charge in [-0.3, -0.25) is 15.5 Å². The van der Waals surface area contributed by atoms with E-state index in [1.165, 1.54) is 12.1 Å². The van der Waals surface area contributed by atoms with Crippen LogP contribution in [0.5, 0.6) is 0 Å². The lowest BCUT2D eigenvalue weighted by Crippen LogP contribution is -1.98. The van der Waals surface area contributed by atoms with Gasteiger partial charge >= 0.3 is 0 Å². The van der Waals surface area contributed by atoms with E-state index in [9.17, 15) is 10.1 Å². The van der Waals surface area contributed by atoms with Crippen LogP contribution in [0.15, 0.2) is 56.5 Å². The number of non-ortho nitro benzene ring substituents is 1. The quantitative estimate of drug-likeness (QED) is 0.369. The summed E-state index contributed by atoms with van der Waals surface area (Å²) < 4.78 is 2.37. The lowest BCUT2D eigenvalue weighted by molar-refractivity contribution is -0.384. The van der Waals surface area contributed by atoms with Crippen LogP contribution >= 0.6 is 47.8 Å². The molecule has 2 rings (SSSR count). The molecule has 2 aromatic carbocycles. The molecule has 21 heavy (non-hydrogen) atoms. The minimum absolute atomic E-state index is 0.0441. The smallest absolute Gasteiger partial charge is 0.269 e. The Bertz CT molecular complexity index is 702. The number of anilines is 1. The van der Waals surface area contributed by atoms with Crippen molar-refractivity contribution >= 4 is 63.8 Å². The van der Waals surface area contributed by atoms with Crippen LogP contribution in [0.1, 0.15) is 5.56 Å². The van der Waals surface area contributed by atoms with Gasteiger partial charge in [-0.1, -0.05) is 15.9 Å². The number of hydrogen-bond acceptors (Lipinski definition) is 4. The van der Waals surface area contributed by atoms with Crippen LogP contribution < -0.4 is 5.43 Å². The molecule has 0 spiro atoms. The molecule has 0 aromatic heterocycles. The van der Waals surface area contributed by atoms with E-state index in [0.717, 1.165) is 20.2 Å². The third-order valence-corrected chi connectivity index (χ3v) is 4.31. The standard InChI is InChI=1S/C13H8Br3N3O2/c14-9-3-6-12(11(15)7-9)17-18-13(16)8-1-4-10(5-2-8)19(20)21/h1-7,17H/b18-13+. The van der Waals surface area contributed by atoms with Gasteiger partial charge in [-0.15, -0.1) is 0 Å². The fraction of sp³-hybridized carbons (Fsp3) is 0. The highest BCUT2D eigenvalue weighted by Crippen LogP contribution is 2.26. The number of hydrogen-bond donors (Lipinski definition) is 1. The highest BCUT2D eigenvalue weighted by atomic mass is 79.9. The number of rotatable bonds is 4. The third-order valence-electron chi connectivity index (χ3n) is 2.52. The maximum Gasteiger partial charge on any atom is 0.269 e. The summed E-state index contributed by atoms with van der Waals surface area (Å²) in [5.41, 5.74) is 4.50. The van der Waals surface area contributed by atoms with Crippen LogP contribution in [0.3, 0.4) is 0 Å². The molecule has 108 valence electrons. The second-order valence-electron chi connectivity index (χ2n) is 3.94. The number of halogens is 3. The molecule has 0 saturated heterocycles. The van der Waals surface area contributed by atoms with Gasteiger partial charge in [0.25, 0.3) is 5.69 Å². The SMILES string of the molecule is O=[N+]([O-])c1ccc(/C(Br)=N\Nc2ccc(Br)cc2Br)cc1. The van der Waals surface area contributed by atoms with E-state index in [1.807, 2.05) is 18.2 Å². The minimum Gasteiger partial charge on any atom is -0.276 e. The van der Waals surface area contributed by atoms with Crippen molar-refractivity contribution in [3.8, 4) is 0 Å². The molecular formula is C13H8Br3N3O2. The molecule has 0 bridgehead atoms. The summed E-state index contributed by atoms with van der Waals surface area (Å²) in [4.78, 5) is 10.2. The van der Waals surface area contributed by atoms with Gasteiger partial charge in [0.05, 0.1) is 10.6 Å². The summed E-state index contributed by atoms with van der Waals surface area (Å²) in [6.07, 6.45) is 0. The second-order valence-corrected chi connectivity index (χ2v) is 6.46. The van der Waals surface area contributed by atoms with Crippen LogP contribution in [0.25, 0.3) is 0 Å². The maximum atomic E-state index is 10.6. The zero-order valence-corrected chi connectivity index (χ0v) is 15.1. The number of hydrazone groups is 1. The third kappa shape index (κ3) is 4.36. The van der Waals surface area contributed by atoms with Crippen LogP contribution in [0.4, 0.5) is 11.4 Å². The normalized spacial score (nSPS) is 11.3. The van der Waals surface area contributed by atoms with Gasteiger partial charge in [0.2, 0.25) is 0 Å². The van der Waals surface area contributed by atoms with Crippen LogP contribution in [-0.2, 0) is 0 Å².